The number of carbonyl (C=O) groups excluding carboxylic acids is 1. The first-order chi connectivity index (χ1) is 11.6. The molecule has 1 N–H and O–H groups in total. The molecule has 5 heteroatoms. The monoisotopic (exact) mass is 330 g/mol. The highest BCUT2D eigenvalue weighted by Gasteiger charge is 2.08. The molecule has 0 saturated carbocycles. The number of hydrogen-bond donors (Lipinski definition) is 1. The van der Waals surface area contributed by atoms with Crippen LogP contribution < -0.4 is 10.1 Å². The zero-order valence-corrected chi connectivity index (χ0v) is 14.1. The largest absolute Gasteiger partial charge is 0.491 e. The number of halogens is 1. The van der Waals surface area contributed by atoms with Gasteiger partial charge in [0.05, 0.1) is 6.61 Å². The second-order valence-electron chi connectivity index (χ2n) is 5.83. The van der Waals surface area contributed by atoms with Crippen molar-refractivity contribution >= 4 is 11.6 Å². The Morgan fingerprint density at radius 3 is 2.58 bits per heavy atom. The Balaban J connectivity index is 1.79. The van der Waals surface area contributed by atoms with E-state index in [0.717, 1.165) is 17.8 Å². The topological polar surface area (TPSA) is 41.6 Å². The standard InChI is InChI=1S/C19H23FN2O2/c1-22(2)14-15-8-3-5-10-17(15)21-19(23)12-7-13-24-18-11-6-4-9-16(18)20/h3-6,8-11H,7,12-14H2,1-2H3,(H,21,23). The van der Waals surface area contributed by atoms with Gasteiger partial charge in [-0.3, -0.25) is 4.79 Å². The average molecular weight is 330 g/mol. The van der Waals surface area contributed by atoms with Crippen molar-refractivity contribution in [1.82, 2.24) is 4.90 Å². The fourth-order valence-corrected chi connectivity index (χ4v) is 2.31. The second-order valence-corrected chi connectivity index (χ2v) is 5.83. The minimum atomic E-state index is -0.389. The summed E-state index contributed by atoms with van der Waals surface area (Å²) in [5.74, 6) is -0.243. The molecule has 0 aliphatic rings. The van der Waals surface area contributed by atoms with Crippen molar-refractivity contribution in [2.24, 2.45) is 0 Å². The van der Waals surface area contributed by atoms with E-state index in [2.05, 4.69) is 5.32 Å². The molecule has 24 heavy (non-hydrogen) atoms. The number of nitrogens with one attached hydrogen (secondary N) is 1. The van der Waals surface area contributed by atoms with Crippen molar-refractivity contribution in [3.8, 4) is 5.75 Å². The molecule has 0 unspecified atom stereocenters. The van der Waals surface area contributed by atoms with Crippen LogP contribution in [0, 0.1) is 5.82 Å². The second kappa shape index (κ2) is 9.03. The first-order valence-electron chi connectivity index (χ1n) is 7.96. The van der Waals surface area contributed by atoms with Crippen LogP contribution in [-0.4, -0.2) is 31.5 Å². The molecular formula is C19H23FN2O2. The summed E-state index contributed by atoms with van der Waals surface area (Å²) in [5.41, 5.74) is 1.89. The number of amides is 1. The van der Waals surface area contributed by atoms with Gasteiger partial charge in [-0.1, -0.05) is 30.3 Å². The molecule has 0 radical (unpaired) electrons. The minimum Gasteiger partial charge on any atom is -0.491 e. The molecule has 0 aliphatic carbocycles. The molecule has 0 heterocycles. The third-order valence-electron chi connectivity index (χ3n) is 3.42. The van der Waals surface area contributed by atoms with Crippen molar-refractivity contribution < 1.29 is 13.9 Å². The highest BCUT2D eigenvalue weighted by atomic mass is 19.1. The lowest BCUT2D eigenvalue weighted by atomic mass is 10.1. The van der Waals surface area contributed by atoms with Crippen LogP contribution in [-0.2, 0) is 11.3 Å². The molecule has 0 saturated heterocycles. The number of nitrogens with zero attached hydrogens (tertiary/aromatic N) is 1. The molecular weight excluding hydrogens is 307 g/mol. The normalized spacial score (nSPS) is 10.7. The molecule has 2 aromatic carbocycles. The third-order valence-corrected chi connectivity index (χ3v) is 3.42. The average Bonchev–Trinajstić information content (AvgIpc) is 2.54. The zero-order chi connectivity index (χ0) is 17.4. The Morgan fingerprint density at radius 2 is 1.83 bits per heavy atom. The van der Waals surface area contributed by atoms with Crippen molar-refractivity contribution in [2.45, 2.75) is 19.4 Å². The van der Waals surface area contributed by atoms with Crippen molar-refractivity contribution in [2.75, 3.05) is 26.0 Å². The van der Waals surface area contributed by atoms with Crippen LogP contribution in [0.15, 0.2) is 48.5 Å². The maximum atomic E-state index is 13.4. The molecule has 0 fully saturated rings. The van der Waals surface area contributed by atoms with Gasteiger partial charge in [-0.15, -0.1) is 0 Å². The van der Waals surface area contributed by atoms with Gasteiger partial charge in [-0.25, -0.2) is 4.39 Å². The summed E-state index contributed by atoms with van der Waals surface area (Å²) in [6, 6.07) is 14.0. The molecule has 0 aromatic heterocycles. The molecule has 0 bridgehead atoms. The van der Waals surface area contributed by atoms with Gasteiger partial charge in [0.25, 0.3) is 0 Å². The Bertz CT molecular complexity index is 674. The Kier molecular flexibility index (Phi) is 6.75. The van der Waals surface area contributed by atoms with Crippen LogP contribution in [0.4, 0.5) is 10.1 Å². The summed E-state index contributed by atoms with van der Waals surface area (Å²) in [6.07, 6.45) is 0.848. The molecule has 0 atom stereocenters. The summed E-state index contributed by atoms with van der Waals surface area (Å²) >= 11 is 0. The lowest BCUT2D eigenvalue weighted by Crippen LogP contribution is -2.17. The van der Waals surface area contributed by atoms with E-state index in [9.17, 15) is 9.18 Å². The fraction of sp³-hybridized carbons (Fsp3) is 0.316. The molecule has 128 valence electrons. The summed E-state index contributed by atoms with van der Waals surface area (Å²) in [4.78, 5) is 14.1. The zero-order valence-electron chi connectivity index (χ0n) is 14.1. The first kappa shape index (κ1) is 17.9. The van der Waals surface area contributed by atoms with Gasteiger partial charge in [-0.05, 0) is 44.3 Å². The van der Waals surface area contributed by atoms with E-state index >= 15 is 0 Å². The van der Waals surface area contributed by atoms with Gasteiger partial charge in [0.15, 0.2) is 11.6 Å². The van der Waals surface area contributed by atoms with Gasteiger partial charge in [-0.2, -0.15) is 0 Å². The van der Waals surface area contributed by atoms with Crippen molar-refractivity contribution in [1.29, 1.82) is 0 Å². The number of para-hydroxylation sites is 2. The summed E-state index contributed by atoms with van der Waals surface area (Å²) in [6.45, 7) is 1.06. The van der Waals surface area contributed by atoms with Gasteiger partial charge in [0.2, 0.25) is 5.91 Å². The predicted molar refractivity (Wildman–Crippen MR) is 93.6 cm³/mol. The number of benzene rings is 2. The van der Waals surface area contributed by atoms with Crippen molar-refractivity contribution in [3.05, 3.63) is 59.9 Å². The van der Waals surface area contributed by atoms with Crippen LogP contribution in [0.1, 0.15) is 18.4 Å². The highest BCUT2D eigenvalue weighted by molar-refractivity contribution is 5.91. The molecule has 4 nitrogen and oxygen atoms in total. The Labute approximate surface area is 142 Å². The number of rotatable bonds is 8. The van der Waals surface area contributed by atoms with Crippen LogP contribution in [0.5, 0.6) is 5.75 Å². The number of anilines is 1. The van der Waals surface area contributed by atoms with Crippen LogP contribution in [0.25, 0.3) is 0 Å². The number of carbonyl (C=O) groups is 1. The van der Waals surface area contributed by atoms with Crippen LogP contribution in [0.2, 0.25) is 0 Å². The van der Waals surface area contributed by atoms with E-state index in [-0.39, 0.29) is 17.5 Å². The van der Waals surface area contributed by atoms with Crippen LogP contribution >= 0.6 is 0 Å². The SMILES string of the molecule is CN(C)Cc1ccccc1NC(=O)CCCOc1ccccc1F. The molecule has 2 rings (SSSR count). The van der Waals surface area contributed by atoms with Gasteiger partial charge in [0, 0.05) is 18.7 Å². The Hall–Kier alpha value is -2.40. The van der Waals surface area contributed by atoms with Gasteiger partial charge >= 0.3 is 0 Å². The van der Waals surface area contributed by atoms with E-state index < -0.39 is 0 Å². The smallest absolute Gasteiger partial charge is 0.224 e. The highest BCUT2D eigenvalue weighted by Crippen LogP contribution is 2.18. The molecule has 1 amide bonds. The van der Waals surface area contributed by atoms with Crippen LogP contribution in [0.3, 0.4) is 0 Å². The lowest BCUT2D eigenvalue weighted by Gasteiger charge is -2.15. The van der Waals surface area contributed by atoms with E-state index in [1.165, 1.54) is 6.07 Å². The third kappa shape index (κ3) is 5.66. The molecule has 0 spiro atoms. The summed E-state index contributed by atoms with van der Waals surface area (Å²) < 4.78 is 18.8. The summed E-state index contributed by atoms with van der Waals surface area (Å²) in [7, 11) is 3.97. The van der Waals surface area contributed by atoms with Crippen molar-refractivity contribution in [3.63, 3.8) is 0 Å². The van der Waals surface area contributed by atoms with E-state index in [1.807, 2.05) is 43.3 Å². The van der Waals surface area contributed by atoms with E-state index in [0.29, 0.717) is 19.4 Å². The number of hydrogen-bond acceptors (Lipinski definition) is 3. The predicted octanol–water partition coefficient (Wildman–Crippen LogP) is 3.69. The maximum absolute atomic E-state index is 13.4. The lowest BCUT2D eigenvalue weighted by molar-refractivity contribution is -0.116. The Morgan fingerprint density at radius 1 is 1.12 bits per heavy atom. The quantitative estimate of drug-likeness (QED) is 0.751. The van der Waals surface area contributed by atoms with E-state index in [1.54, 1.807) is 18.2 Å². The fourth-order valence-electron chi connectivity index (χ4n) is 2.31. The van der Waals surface area contributed by atoms with E-state index in [4.69, 9.17) is 4.74 Å². The van der Waals surface area contributed by atoms with Gasteiger partial charge < -0.3 is 15.0 Å². The molecule has 2 aromatic rings. The minimum absolute atomic E-state index is 0.0710. The van der Waals surface area contributed by atoms with Gasteiger partial charge in [0.1, 0.15) is 0 Å². The number of ether oxygens (including phenoxy) is 1. The molecule has 0 aliphatic heterocycles. The maximum Gasteiger partial charge on any atom is 0.224 e. The first-order valence-corrected chi connectivity index (χ1v) is 7.96. The summed E-state index contributed by atoms with van der Waals surface area (Å²) in [5, 5.41) is 2.93.